The lowest BCUT2D eigenvalue weighted by Crippen LogP contribution is -2.47. The number of carbonyl (C=O) groups excluding carboxylic acids is 1. The molecular weight excluding hydrogens is 212 g/mol. The Morgan fingerprint density at radius 2 is 2.06 bits per heavy atom. The summed E-state index contributed by atoms with van der Waals surface area (Å²) >= 11 is 0. The molecule has 3 heteroatoms. The number of likely N-dealkylation sites (tertiary alicyclic amines) is 1. The number of hydrogen-bond acceptors (Lipinski definition) is 2. The normalized spacial score (nSPS) is 20.9. The second-order valence-electron chi connectivity index (χ2n) is 5.09. The SMILES string of the molecule is CCC(CC)C(=O)N1CCCCC1CCNC. The molecule has 1 atom stereocenters. The Morgan fingerprint density at radius 3 is 2.65 bits per heavy atom. The van der Waals surface area contributed by atoms with Crippen LogP contribution in [-0.4, -0.2) is 37.0 Å². The first-order valence-corrected chi connectivity index (χ1v) is 7.19. The van der Waals surface area contributed by atoms with Crippen molar-refractivity contribution in [1.82, 2.24) is 10.2 Å². The van der Waals surface area contributed by atoms with E-state index in [-0.39, 0.29) is 5.92 Å². The Bertz CT molecular complexity index is 226. The van der Waals surface area contributed by atoms with Crippen LogP contribution in [-0.2, 0) is 4.79 Å². The first-order valence-electron chi connectivity index (χ1n) is 7.19. The van der Waals surface area contributed by atoms with Gasteiger partial charge in [-0.2, -0.15) is 0 Å². The molecule has 0 aromatic carbocycles. The Balaban J connectivity index is 2.59. The van der Waals surface area contributed by atoms with E-state index in [1.165, 1.54) is 19.3 Å². The van der Waals surface area contributed by atoms with Crippen LogP contribution < -0.4 is 5.32 Å². The summed E-state index contributed by atoms with van der Waals surface area (Å²) in [5, 5.41) is 3.19. The van der Waals surface area contributed by atoms with Crippen molar-refractivity contribution in [2.24, 2.45) is 5.92 Å². The molecule has 1 aliphatic rings. The molecule has 3 nitrogen and oxygen atoms in total. The average molecular weight is 240 g/mol. The van der Waals surface area contributed by atoms with Crippen LogP contribution in [0, 0.1) is 5.92 Å². The van der Waals surface area contributed by atoms with Gasteiger partial charge in [-0.25, -0.2) is 0 Å². The maximum absolute atomic E-state index is 12.4. The van der Waals surface area contributed by atoms with Gasteiger partial charge in [0.2, 0.25) is 5.91 Å². The van der Waals surface area contributed by atoms with Crippen LogP contribution in [0.4, 0.5) is 0 Å². The average Bonchev–Trinajstić information content (AvgIpc) is 2.38. The summed E-state index contributed by atoms with van der Waals surface area (Å²) in [6, 6.07) is 0.476. The molecule has 0 radical (unpaired) electrons. The summed E-state index contributed by atoms with van der Waals surface area (Å²) in [6.45, 7) is 6.23. The summed E-state index contributed by atoms with van der Waals surface area (Å²) in [7, 11) is 1.98. The molecule has 100 valence electrons. The second-order valence-corrected chi connectivity index (χ2v) is 5.09. The zero-order valence-corrected chi connectivity index (χ0v) is 11.7. The van der Waals surface area contributed by atoms with Crippen molar-refractivity contribution < 1.29 is 4.79 Å². The van der Waals surface area contributed by atoms with Crippen LogP contribution in [0.2, 0.25) is 0 Å². The van der Waals surface area contributed by atoms with Gasteiger partial charge in [0.15, 0.2) is 0 Å². The van der Waals surface area contributed by atoms with E-state index in [0.717, 1.165) is 32.4 Å². The molecule has 1 aliphatic heterocycles. The molecule has 17 heavy (non-hydrogen) atoms. The number of rotatable bonds is 6. The quantitative estimate of drug-likeness (QED) is 0.773. The van der Waals surface area contributed by atoms with Gasteiger partial charge in [0.1, 0.15) is 0 Å². The number of amides is 1. The van der Waals surface area contributed by atoms with E-state index in [1.807, 2.05) is 7.05 Å². The van der Waals surface area contributed by atoms with Crippen LogP contribution in [0.25, 0.3) is 0 Å². The summed E-state index contributed by atoms with van der Waals surface area (Å²) < 4.78 is 0. The fourth-order valence-electron chi connectivity index (χ4n) is 2.77. The Kier molecular flexibility index (Phi) is 6.56. The molecule has 1 heterocycles. The van der Waals surface area contributed by atoms with Gasteiger partial charge in [-0.15, -0.1) is 0 Å². The van der Waals surface area contributed by atoms with Gasteiger partial charge < -0.3 is 10.2 Å². The van der Waals surface area contributed by atoms with Gasteiger partial charge in [0.05, 0.1) is 0 Å². The van der Waals surface area contributed by atoms with Crippen LogP contribution in [0.1, 0.15) is 52.4 Å². The van der Waals surface area contributed by atoms with E-state index in [1.54, 1.807) is 0 Å². The minimum absolute atomic E-state index is 0.241. The Labute approximate surface area is 106 Å². The van der Waals surface area contributed by atoms with Crippen LogP contribution in [0.15, 0.2) is 0 Å². The summed E-state index contributed by atoms with van der Waals surface area (Å²) in [5.41, 5.74) is 0. The van der Waals surface area contributed by atoms with Crippen molar-refractivity contribution in [2.75, 3.05) is 20.1 Å². The second kappa shape index (κ2) is 7.70. The van der Waals surface area contributed by atoms with E-state index in [9.17, 15) is 4.79 Å². The van der Waals surface area contributed by atoms with Crippen molar-refractivity contribution in [2.45, 2.75) is 58.4 Å². The summed E-state index contributed by atoms with van der Waals surface area (Å²) in [5.74, 6) is 0.640. The third-order valence-corrected chi connectivity index (χ3v) is 3.97. The van der Waals surface area contributed by atoms with Crippen LogP contribution in [0.3, 0.4) is 0 Å². The van der Waals surface area contributed by atoms with Gasteiger partial charge >= 0.3 is 0 Å². The van der Waals surface area contributed by atoms with Crippen molar-refractivity contribution in [3.05, 3.63) is 0 Å². The summed E-state index contributed by atoms with van der Waals surface area (Å²) in [4.78, 5) is 14.6. The first kappa shape index (κ1) is 14.5. The fourth-order valence-corrected chi connectivity index (χ4v) is 2.77. The van der Waals surface area contributed by atoms with Crippen LogP contribution in [0.5, 0.6) is 0 Å². The maximum atomic E-state index is 12.4. The Morgan fingerprint density at radius 1 is 1.35 bits per heavy atom. The first-order chi connectivity index (χ1) is 8.24. The van der Waals surface area contributed by atoms with Gasteiger partial charge in [0.25, 0.3) is 0 Å². The van der Waals surface area contributed by atoms with Crippen molar-refractivity contribution in [1.29, 1.82) is 0 Å². The van der Waals surface area contributed by atoms with Crippen molar-refractivity contribution >= 4 is 5.91 Å². The molecule has 1 N–H and O–H groups in total. The molecule has 1 saturated heterocycles. The molecule has 1 unspecified atom stereocenters. The van der Waals surface area contributed by atoms with E-state index >= 15 is 0 Å². The summed E-state index contributed by atoms with van der Waals surface area (Å²) in [6.07, 6.45) is 6.70. The molecule has 0 aromatic rings. The number of nitrogens with one attached hydrogen (secondary N) is 1. The van der Waals surface area contributed by atoms with E-state index in [0.29, 0.717) is 11.9 Å². The molecule has 0 saturated carbocycles. The molecule has 1 amide bonds. The molecule has 1 fully saturated rings. The molecule has 0 spiro atoms. The number of piperidine rings is 1. The highest BCUT2D eigenvalue weighted by atomic mass is 16.2. The minimum Gasteiger partial charge on any atom is -0.339 e. The highest BCUT2D eigenvalue weighted by molar-refractivity contribution is 5.79. The van der Waals surface area contributed by atoms with Gasteiger partial charge in [-0.1, -0.05) is 13.8 Å². The number of nitrogens with zero attached hydrogens (tertiary/aromatic N) is 1. The maximum Gasteiger partial charge on any atom is 0.225 e. The van der Waals surface area contributed by atoms with Crippen molar-refractivity contribution in [3.8, 4) is 0 Å². The molecule has 0 aliphatic carbocycles. The lowest BCUT2D eigenvalue weighted by molar-refractivity contribution is -0.139. The third kappa shape index (κ3) is 3.98. The van der Waals surface area contributed by atoms with Crippen LogP contribution >= 0.6 is 0 Å². The van der Waals surface area contributed by atoms with Gasteiger partial charge in [-0.3, -0.25) is 4.79 Å². The molecular formula is C14H28N2O. The fraction of sp³-hybridized carbons (Fsp3) is 0.929. The van der Waals surface area contributed by atoms with Crippen molar-refractivity contribution in [3.63, 3.8) is 0 Å². The van der Waals surface area contributed by atoms with E-state index < -0.39 is 0 Å². The van der Waals surface area contributed by atoms with E-state index in [2.05, 4.69) is 24.1 Å². The largest absolute Gasteiger partial charge is 0.339 e. The number of hydrogen-bond donors (Lipinski definition) is 1. The highest BCUT2D eigenvalue weighted by Crippen LogP contribution is 2.23. The van der Waals surface area contributed by atoms with E-state index in [4.69, 9.17) is 0 Å². The molecule has 1 rings (SSSR count). The smallest absolute Gasteiger partial charge is 0.225 e. The van der Waals surface area contributed by atoms with Gasteiger partial charge in [-0.05, 0) is 52.1 Å². The lowest BCUT2D eigenvalue weighted by Gasteiger charge is -2.38. The standard InChI is InChI=1S/C14H28N2O/c1-4-12(5-2)14(17)16-11-7-6-8-13(16)9-10-15-3/h12-13,15H,4-11H2,1-3H3. The third-order valence-electron chi connectivity index (χ3n) is 3.97. The van der Waals surface area contributed by atoms with Gasteiger partial charge in [0, 0.05) is 18.5 Å². The zero-order chi connectivity index (χ0) is 12.7. The minimum atomic E-state index is 0.241. The topological polar surface area (TPSA) is 32.3 Å². The number of carbonyl (C=O) groups is 1. The molecule has 0 bridgehead atoms. The monoisotopic (exact) mass is 240 g/mol. The molecule has 0 aromatic heterocycles. The highest BCUT2D eigenvalue weighted by Gasteiger charge is 2.29. The lowest BCUT2D eigenvalue weighted by atomic mass is 9.95. The zero-order valence-electron chi connectivity index (χ0n) is 11.7. The Hall–Kier alpha value is -0.570. The predicted molar refractivity (Wildman–Crippen MR) is 72.0 cm³/mol. The predicted octanol–water partition coefficient (Wildman–Crippen LogP) is 2.41.